The molecule has 0 unspecified atom stereocenters. The van der Waals surface area contributed by atoms with E-state index in [0.717, 1.165) is 6.42 Å². The predicted octanol–water partition coefficient (Wildman–Crippen LogP) is -0.966. The Kier molecular flexibility index (Phi) is 3.81. The Morgan fingerprint density at radius 2 is 1.80 bits per heavy atom. The molecule has 0 fully saturated rings. The van der Waals surface area contributed by atoms with Gasteiger partial charge in [0.05, 0.1) is 11.8 Å². The van der Waals surface area contributed by atoms with E-state index in [9.17, 15) is 0 Å². The summed E-state index contributed by atoms with van der Waals surface area (Å²) in [5.41, 5.74) is 21.3. The zero-order chi connectivity index (χ0) is 8.20. The molecule has 0 atom stereocenters. The zero-order valence-corrected chi connectivity index (χ0v) is 6.51. The third-order valence-corrected chi connectivity index (χ3v) is 1.60. The van der Waals surface area contributed by atoms with Crippen molar-refractivity contribution in [3.63, 3.8) is 0 Å². The maximum Gasteiger partial charge on any atom is 0.0635 e. The second kappa shape index (κ2) is 3.88. The average molecular weight is 146 g/mol. The summed E-state index contributed by atoms with van der Waals surface area (Å²) in [6, 6.07) is 0. The van der Waals surface area contributed by atoms with Crippen molar-refractivity contribution < 1.29 is 0 Å². The van der Waals surface area contributed by atoms with Crippen molar-refractivity contribution in [3.05, 3.63) is 0 Å². The molecule has 4 nitrogen and oxygen atoms in total. The first kappa shape index (κ1) is 9.84. The molecule has 0 bridgehead atoms. The Labute approximate surface area is 61.9 Å². The van der Waals surface area contributed by atoms with E-state index in [1.807, 2.05) is 6.92 Å². The van der Waals surface area contributed by atoms with Crippen LogP contribution in [0.15, 0.2) is 0 Å². The van der Waals surface area contributed by atoms with Crippen molar-refractivity contribution in [2.75, 3.05) is 0 Å². The van der Waals surface area contributed by atoms with Gasteiger partial charge in [0, 0.05) is 0 Å². The summed E-state index contributed by atoms with van der Waals surface area (Å²) in [7, 11) is 0. The van der Waals surface area contributed by atoms with Crippen LogP contribution in [-0.4, -0.2) is 11.8 Å². The van der Waals surface area contributed by atoms with Crippen molar-refractivity contribution in [2.24, 2.45) is 22.9 Å². The summed E-state index contributed by atoms with van der Waals surface area (Å²) in [6.07, 6.45) is 1.82. The molecule has 0 aromatic heterocycles. The molecule has 62 valence electrons. The minimum absolute atomic E-state index is 0.293. The molecule has 0 saturated heterocycles. The van der Waals surface area contributed by atoms with Gasteiger partial charge in [-0.3, -0.25) is 0 Å². The zero-order valence-electron chi connectivity index (χ0n) is 6.51. The Bertz CT molecular complexity index is 89.7. The van der Waals surface area contributed by atoms with Gasteiger partial charge in [-0.1, -0.05) is 6.92 Å². The fourth-order valence-electron chi connectivity index (χ4n) is 0.612. The Hall–Kier alpha value is -0.160. The molecule has 0 aliphatic rings. The minimum atomic E-state index is -0.586. The summed E-state index contributed by atoms with van der Waals surface area (Å²) in [5, 5.41) is 0. The van der Waals surface area contributed by atoms with Gasteiger partial charge >= 0.3 is 0 Å². The molecule has 0 aromatic carbocycles. The summed E-state index contributed by atoms with van der Waals surface area (Å²) >= 11 is 0. The molecule has 0 heterocycles. The Morgan fingerprint density at radius 3 is 2.10 bits per heavy atom. The van der Waals surface area contributed by atoms with Crippen molar-refractivity contribution in [1.29, 1.82) is 0 Å². The van der Waals surface area contributed by atoms with E-state index in [4.69, 9.17) is 22.9 Å². The van der Waals surface area contributed by atoms with E-state index in [1.54, 1.807) is 0 Å². The highest BCUT2D eigenvalue weighted by Crippen LogP contribution is 2.06. The van der Waals surface area contributed by atoms with Gasteiger partial charge in [-0.25, -0.2) is 0 Å². The highest BCUT2D eigenvalue weighted by molar-refractivity contribution is 4.75. The van der Waals surface area contributed by atoms with Gasteiger partial charge in [-0.05, 0) is 19.3 Å². The molecule has 0 rings (SSSR count). The van der Waals surface area contributed by atoms with Gasteiger partial charge in [0.2, 0.25) is 0 Å². The van der Waals surface area contributed by atoms with Crippen LogP contribution in [0.2, 0.25) is 0 Å². The van der Waals surface area contributed by atoms with Crippen LogP contribution in [-0.2, 0) is 0 Å². The van der Waals surface area contributed by atoms with Crippen LogP contribution in [0.1, 0.15) is 26.2 Å². The highest BCUT2D eigenvalue weighted by Gasteiger charge is 2.15. The van der Waals surface area contributed by atoms with Gasteiger partial charge in [0.1, 0.15) is 0 Å². The smallest absolute Gasteiger partial charge is 0.0635 e. The van der Waals surface area contributed by atoms with Crippen molar-refractivity contribution in [2.45, 2.75) is 38.0 Å². The third-order valence-electron chi connectivity index (χ3n) is 1.60. The summed E-state index contributed by atoms with van der Waals surface area (Å²) < 4.78 is 0. The van der Waals surface area contributed by atoms with Crippen LogP contribution in [0.5, 0.6) is 0 Å². The van der Waals surface area contributed by atoms with Crippen LogP contribution < -0.4 is 22.9 Å². The Morgan fingerprint density at radius 1 is 1.30 bits per heavy atom. The topological polar surface area (TPSA) is 104 Å². The summed E-state index contributed by atoms with van der Waals surface area (Å²) in [4.78, 5) is 0. The van der Waals surface area contributed by atoms with Gasteiger partial charge in [-0.2, -0.15) is 0 Å². The first-order chi connectivity index (χ1) is 4.48. The second-order valence-electron chi connectivity index (χ2n) is 2.79. The fraction of sp³-hybridized carbons (Fsp3) is 1.00. The molecule has 0 aromatic rings. The lowest BCUT2D eigenvalue weighted by Gasteiger charge is -2.23. The van der Waals surface area contributed by atoms with Crippen LogP contribution in [0, 0.1) is 0 Å². The molecule has 4 heteroatoms. The molecular weight excluding hydrogens is 128 g/mol. The van der Waals surface area contributed by atoms with E-state index in [-0.39, 0.29) is 6.17 Å². The molecule has 0 radical (unpaired) electrons. The number of rotatable bonds is 4. The molecule has 0 aliphatic carbocycles. The quantitative estimate of drug-likeness (QED) is 0.383. The van der Waals surface area contributed by atoms with E-state index in [1.165, 1.54) is 0 Å². The number of hydrogen-bond acceptors (Lipinski definition) is 4. The SMILES string of the molecule is CCC(N)(N)CCC(N)N. The van der Waals surface area contributed by atoms with Crippen LogP contribution in [0.4, 0.5) is 0 Å². The van der Waals surface area contributed by atoms with Gasteiger partial charge in [0.15, 0.2) is 0 Å². The number of hydrogen-bond donors (Lipinski definition) is 4. The van der Waals surface area contributed by atoms with Crippen molar-refractivity contribution in [1.82, 2.24) is 0 Å². The Balaban J connectivity index is 3.46. The monoisotopic (exact) mass is 146 g/mol. The second-order valence-corrected chi connectivity index (χ2v) is 2.79. The minimum Gasteiger partial charge on any atom is -0.316 e. The lowest BCUT2D eigenvalue weighted by Crippen LogP contribution is -2.50. The molecule has 0 amide bonds. The first-order valence-electron chi connectivity index (χ1n) is 3.57. The van der Waals surface area contributed by atoms with Crippen LogP contribution >= 0.6 is 0 Å². The highest BCUT2D eigenvalue weighted by atomic mass is 15.0. The molecule has 0 spiro atoms. The first-order valence-corrected chi connectivity index (χ1v) is 3.57. The summed E-state index contributed by atoms with van der Waals surface area (Å²) in [5.74, 6) is 0. The van der Waals surface area contributed by atoms with Gasteiger partial charge < -0.3 is 22.9 Å². The van der Waals surface area contributed by atoms with E-state index in [2.05, 4.69) is 0 Å². The summed E-state index contributed by atoms with van der Waals surface area (Å²) in [6.45, 7) is 1.95. The van der Waals surface area contributed by atoms with Crippen LogP contribution in [0.3, 0.4) is 0 Å². The molecular formula is C6H18N4. The molecule has 0 aliphatic heterocycles. The number of nitrogens with two attached hydrogens (primary N) is 4. The molecule has 8 N–H and O–H groups in total. The third kappa shape index (κ3) is 4.69. The fourth-order valence-corrected chi connectivity index (χ4v) is 0.612. The standard InChI is InChI=1S/C6H18N4/c1-2-6(9,10)4-3-5(7)8/h5H,2-4,7-10H2,1H3. The van der Waals surface area contributed by atoms with Gasteiger partial charge in [-0.15, -0.1) is 0 Å². The van der Waals surface area contributed by atoms with Crippen molar-refractivity contribution in [3.8, 4) is 0 Å². The average Bonchev–Trinajstić information content (AvgIpc) is 1.85. The maximum absolute atomic E-state index is 5.63. The largest absolute Gasteiger partial charge is 0.316 e. The van der Waals surface area contributed by atoms with Crippen LogP contribution in [0.25, 0.3) is 0 Å². The molecule has 0 saturated carbocycles. The molecule has 10 heavy (non-hydrogen) atoms. The predicted molar refractivity (Wildman–Crippen MR) is 42.8 cm³/mol. The van der Waals surface area contributed by atoms with E-state index in [0.29, 0.717) is 12.8 Å². The van der Waals surface area contributed by atoms with E-state index < -0.39 is 5.66 Å². The lowest BCUT2D eigenvalue weighted by atomic mass is 10.0. The normalized spacial score (nSPS) is 12.6. The van der Waals surface area contributed by atoms with Gasteiger partial charge in [0.25, 0.3) is 0 Å². The maximum atomic E-state index is 5.63. The van der Waals surface area contributed by atoms with Crippen molar-refractivity contribution >= 4 is 0 Å². The van der Waals surface area contributed by atoms with E-state index >= 15 is 0 Å². The lowest BCUT2D eigenvalue weighted by molar-refractivity contribution is 0.368.